The van der Waals surface area contributed by atoms with Crippen molar-refractivity contribution in [2.24, 2.45) is 0 Å². The fourth-order valence-electron chi connectivity index (χ4n) is 4.30. The maximum Gasteiger partial charge on any atom is 0.122 e. The molecule has 0 fully saturated rings. The lowest BCUT2D eigenvalue weighted by Gasteiger charge is -2.34. The second-order valence-corrected chi connectivity index (χ2v) is 7.63. The van der Waals surface area contributed by atoms with Gasteiger partial charge >= 0.3 is 0 Å². The van der Waals surface area contributed by atoms with Crippen LogP contribution >= 0.6 is 0 Å². The maximum absolute atomic E-state index is 10.2. The summed E-state index contributed by atoms with van der Waals surface area (Å²) < 4.78 is 11.4. The summed E-state index contributed by atoms with van der Waals surface area (Å²) in [6, 6.07) is 27.0. The fourth-order valence-corrected chi connectivity index (χ4v) is 4.30. The Balaban J connectivity index is 1.52. The van der Waals surface area contributed by atoms with Gasteiger partial charge in [0.15, 0.2) is 0 Å². The van der Waals surface area contributed by atoms with Gasteiger partial charge < -0.3 is 9.47 Å². The summed E-state index contributed by atoms with van der Waals surface area (Å²) in [6.07, 6.45) is 3.53. The van der Waals surface area contributed by atoms with Gasteiger partial charge in [-0.25, -0.2) is 0 Å². The minimum absolute atomic E-state index is 0.505. The number of ether oxygens (including phenoxy) is 2. The summed E-state index contributed by atoms with van der Waals surface area (Å²) in [6.45, 7) is 0.551. The molecule has 0 heterocycles. The van der Waals surface area contributed by atoms with E-state index >= 15 is 0 Å². The molecule has 29 heavy (non-hydrogen) atoms. The maximum atomic E-state index is 10.2. The summed E-state index contributed by atoms with van der Waals surface area (Å²) in [7, 11) is 1.70. The van der Waals surface area contributed by atoms with E-state index in [2.05, 4.69) is 36.4 Å². The third-order valence-electron chi connectivity index (χ3n) is 5.79. The molecular weight excluding hydrogens is 358 g/mol. The van der Waals surface area contributed by atoms with E-state index in [-0.39, 0.29) is 0 Å². The zero-order valence-corrected chi connectivity index (χ0v) is 16.7. The van der Waals surface area contributed by atoms with E-state index in [9.17, 15) is 5.26 Å². The zero-order valence-electron chi connectivity index (χ0n) is 16.7. The number of methoxy groups -OCH3 is 1. The molecule has 1 aliphatic carbocycles. The Morgan fingerprint density at radius 3 is 2.45 bits per heavy atom. The number of rotatable bonds is 6. The first-order valence-electron chi connectivity index (χ1n) is 10.1. The Morgan fingerprint density at radius 2 is 1.72 bits per heavy atom. The third-order valence-corrected chi connectivity index (χ3v) is 5.79. The van der Waals surface area contributed by atoms with Crippen LogP contribution in [0.3, 0.4) is 0 Å². The highest BCUT2D eigenvalue weighted by Crippen LogP contribution is 2.42. The van der Waals surface area contributed by atoms with E-state index in [4.69, 9.17) is 9.47 Å². The Labute approximate surface area is 172 Å². The lowest BCUT2D eigenvalue weighted by Crippen LogP contribution is -2.32. The molecule has 3 heteroatoms. The van der Waals surface area contributed by atoms with E-state index in [0.29, 0.717) is 13.0 Å². The largest absolute Gasteiger partial charge is 0.496 e. The molecule has 4 rings (SSSR count). The van der Waals surface area contributed by atoms with Crippen molar-refractivity contribution in [3.63, 3.8) is 0 Å². The Kier molecular flexibility index (Phi) is 5.53. The van der Waals surface area contributed by atoms with Crippen molar-refractivity contribution < 1.29 is 9.47 Å². The fraction of sp³-hybridized carbons (Fsp3) is 0.269. The molecule has 1 atom stereocenters. The van der Waals surface area contributed by atoms with Crippen molar-refractivity contribution in [2.45, 2.75) is 37.7 Å². The molecular formula is C26H25NO2. The molecule has 3 nitrogen and oxygen atoms in total. The Bertz CT molecular complexity index is 1010. The molecule has 3 aromatic rings. The summed E-state index contributed by atoms with van der Waals surface area (Å²) in [4.78, 5) is 0. The number of hydrogen-bond donors (Lipinski definition) is 0. The van der Waals surface area contributed by atoms with Gasteiger partial charge in [-0.3, -0.25) is 0 Å². The second-order valence-electron chi connectivity index (χ2n) is 7.63. The van der Waals surface area contributed by atoms with E-state index in [1.165, 1.54) is 5.56 Å². The first-order chi connectivity index (χ1) is 14.2. The van der Waals surface area contributed by atoms with Crippen LogP contribution in [0.25, 0.3) is 0 Å². The van der Waals surface area contributed by atoms with Crippen LogP contribution in [-0.4, -0.2) is 7.11 Å². The predicted octanol–water partition coefficient (Wildman–Crippen LogP) is 5.61. The second kappa shape index (κ2) is 8.41. The molecule has 0 aromatic heterocycles. The van der Waals surface area contributed by atoms with Crippen molar-refractivity contribution in [2.75, 3.05) is 7.11 Å². The van der Waals surface area contributed by atoms with E-state index in [1.807, 2.05) is 42.5 Å². The van der Waals surface area contributed by atoms with E-state index in [1.54, 1.807) is 7.11 Å². The summed E-state index contributed by atoms with van der Waals surface area (Å²) in [5.74, 6) is 1.74. The van der Waals surface area contributed by atoms with Crippen molar-refractivity contribution in [1.82, 2.24) is 0 Å². The van der Waals surface area contributed by atoms with Gasteiger partial charge in [-0.05, 0) is 66.1 Å². The normalized spacial score (nSPS) is 17.8. The van der Waals surface area contributed by atoms with Crippen LogP contribution in [0, 0.1) is 11.3 Å². The number of benzene rings is 3. The number of hydrogen-bond acceptors (Lipinski definition) is 3. The van der Waals surface area contributed by atoms with E-state index in [0.717, 1.165) is 47.5 Å². The quantitative estimate of drug-likeness (QED) is 0.555. The first-order valence-corrected chi connectivity index (χ1v) is 10.1. The number of nitrogens with zero attached hydrogens (tertiary/aromatic N) is 1. The van der Waals surface area contributed by atoms with Crippen LogP contribution in [0.5, 0.6) is 11.5 Å². The highest BCUT2D eigenvalue weighted by atomic mass is 16.5. The van der Waals surface area contributed by atoms with Crippen molar-refractivity contribution in [3.05, 3.63) is 95.1 Å². The lowest BCUT2D eigenvalue weighted by molar-refractivity contribution is 0.306. The SMILES string of the molecule is COc1cccc2c1CCCC2(C#N)Cc1ccc(OCc2ccccc2)cc1. The van der Waals surface area contributed by atoms with Crippen molar-refractivity contribution >= 4 is 0 Å². The van der Waals surface area contributed by atoms with Crippen LogP contribution in [-0.2, 0) is 24.9 Å². The molecule has 0 aliphatic heterocycles. The van der Waals surface area contributed by atoms with Gasteiger partial charge in [0.25, 0.3) is 0 Å². The topological polar surface area (TPSA) is 42.2 Å². The average Bonchev–Trinajstić information content (AvgIpc) is 2.79. The highest BCUT2D eigenvalue weighted by molar-refractivity contribution is 5.50. The van der Waals surface area contributed by atoms with Crippen LogP contribution in [0.15, 0.2) is 72.8 Å². The average molecular weight is 383 g/mol. The standard InChI is InChI=1S/C26H25NO2/c1-28-25-11-5-10-24-23(25)9-6-16-26(24,19-27)17-20-12-14-22(15-13-20)29-18-21-7-3-2-4-8-21/h2-5,7-8,10-15H,6,9,16-18H2,1H3. The lowest BCUT2D eigenvalue weighted by atomic mass is 9.67. The summed E-state index contributed by atoms with van der Waals surface area (Å²) in [5, 5.41) is 10.2. The molecule has 1 unspecified atom stereocenters. The molecule has 1 aliphatic rings. The molecule has 0 radical (unpaired) electrons. The van der Waals surface area contributed by atoms with Crippen LogP contribution in [0.2, 0.25) is 0 Å². The minimum Gasteiger partial charge on any atom is -0.496 e. The molecule has 0 amide bonds. The smallest absolute Gasteiger partial charge is 0.122 e. The first kappa shape index (κ1) is 19.1. The molecule has 0 saturated carbocycles. The van der Waals surface area contributed by atoms with Gasteiger partial charge in [-0.1, -0.05) is 54.6 Å². The Morgan fingerprint density at radius 1 is 0.931 bits per heavy atom. The zero-order chi connectivity index (χ0) is 20.1. The Hall–Kier alpha value is -3.25. The number of nitriles is 1. The highest BCUT2D eigenvalue weighted by Gasteiger charge is 2.38. The summed E-state index contributed by atoms with van der Waals surface area (Å²) in [5.41, 5.74) is 4.09. The number of fused-ring (bicyclic) bond motifs is 1. The molecule has 0 saturated heterocycles. The third kappa shape index (κ3) is 3.98. The monoisotopic (exact) mass is 383 g/mol. The van der Waals surface area contributed by atoms with E-state index < -0.39 is 5.41 Å². The molecule has 3 aromatic carbocycles. The van der Waals surface area contributed by atoms with Gasteiger partial charge in [0.05, 0.1) is 18.6 Å². The minimum atomic E-state index is -0.505. The molecule has 146 valence electrons. The van der Waals surface area contributed by atoms with Crippen LogP contribution in [0.1, 0.15) is 35.1 Å². The molecule has 0 bridgehead atoms. The van der Waals surface area contributed by atoms with Gasteiger partial charge in [0.2, 0.25) is 0 Å². The van der Waals surface area contributed by atoms with Crippen LogP contribution < -0.4 is 9.47 Å². The van der Waals surface area contributed by atoms with Gasteiger partial charge in [-0.2, -0.15) is 5.26 Å². The molecule has 0 N–H and O–H groups in total. The van der Waals surface area contributed by atoms with Crippen molar-refractivity contribution in [1.29, 1.82) is 5.26 Å². The van der Waals surface area contributed by atoms with Gasteiger partial charge in [0, 0.05) is 0 Å². The predicted molar refractivity (Wildman–Crippen MR) is 114 cm³/mol. The van der Waals surface area contributed by atoms with Gasteiger partial charge in [-0.15, -0.1) is 0 Å². The van der Waals surface area contributed by atoms with Crippen molar-refractivity contribution in [3.8, 4) is 17.6 Å². The van der Waals surface area contributed by atoms with Gasteiger partial charge in [0.1, 0.15) is 18.1 Å². The van der Waals surface area contributed by atoms with Crippen LogP contribution in [0.4, 0.5) is 0 Å². The molecule has 0 spiro atoms. The summed E-state index contributed by atoms with van der Waals surface area (Å²) >= 11 is 0.